The molecule has 1 aliphatic heterocycles. The molecule has 2 heterocycles. The van der Waals surface area contributed by atoms with E-state index in [4.69, 9.17) is 17.0 Å². The first-order valence-electron chi connectivity index (χ1n) is 14.1. The molecule has 0 atom stereocenters. The van der Waals surface area contributed by atoms with Crippen molar-refractivity contribution in [3.8, 4) is 11.1 Å². The molecule has 0 radical (unpaired) electrons. The van der Waals surface area contributed by atoms with Gasteiger partial charge in [-0.05, 0) is 86.1 Å². The summed E-state index contributed by atoms with van der Waals surface area (Å²) in [4.78, 5) is 21.7. The van der Waals surface area contributed by atoms with Crippen molar-refractivity contribution < 1.29 is 40.3 Å². The number of piperidine rings is 1. The normalized spacial score (nSPS) is 14.8. The van der Waals surface area contributed by atoms with Crippen molar-refractivity contribution in [1.82, 2.24) is 4.98 Å². The number of nitrogens with zero attached hydrogens (tertiary/aromatic N) is 3. The number of alkyl halides is 6. The Kier molecular flexibility index (Phi) is 9.54. The van der Waals surface area contributed by atoms with E-state index in [9.17, 15) is 35.5 Å². The highest BCUT2D eigenvalue weighted by Gasteiger charge is 2.41. The van der Waals surface area contributed by atoms with Crippen LogP contribution in [0.25, 0.3) is 11.1 Å². The first-order chi connectivity index (χ1) is 20.8. The molecule has 2 aromatic carbocycles. The topological polar surface area (TPSA) is 45.7 Å². The molecule has 1 saturated heterocycles. The van der Waals surface area contributed by atoms with Crippen molar-refractivity contribution in [2.45, 2.75) is 64.4 Å². The number of likely N-dealkylation sites (N-methyl/N-ethyl adjacent to an activating group) is 1. The number of hydrogen-bond acceptors (Lipinski definition) is 5. The average Bonchev–Trinajstić information content (AvgIpc) is 2.95. The number of carbonyl (C=O) groups is 1. The molecule has 0 N–H and O–H groups in total. The Morgan fingerprint density at radius 2 is 1.49 bits per heavy atom. The fraction of sp³-hybridized carbons (Fsp3) is 0.406. The number of thiocarbonyl (C=S) groups is 1. The summed E-state index contributed by atoms with van der Waals surface area (Å²) >= 11 is 5.05. The Balaban J connectivity index is 1.76. The first-order valence-corrected chi connectivity index (χ1v) is 14.5. The zero-order chi connectivity index (χ0) is 33.5. The molecule has 5 nitrogen and oxygen atoms in total. The van der Waals surface area contributed by atoms with Crippen molar-refractivity contribution in [3.05, 3.63) is 76.7 Å². The Morgan fingerprint density at radius 3 is 2.00 bits per heavy atom. The van der Waals surface area contributed by atoms with Crippen molar-refractivity contribution in [2.75, 3.05) is 29.9 Å². The highest BCUT2D eigenvalue weighted by atomic mass is 32.1. The number of rotatable bonds is 6. The lowest BCUT2D eigenvalue weighted by molar-refractivity contribution is -0.143. The Hall–Kier alpha value is -3.74. The number of benzene rings is 2. The number of amides is 1. The van der Waals surface area contributed by atoms with Crippen LogP contribution in [0.1, 0.15) is 55.9 Å². The number of aryl methyl sites for hydroxylation is 1. The molecular weight excluding hydrogens is 623 g/mol. The third-order valence-corrected chi connectivity index (χ3v) is 8.05. The quantitative estimate of drug-likeness (QED) is 0.197. The lowest BCUT2D eigenvalue weighted by Gasteiger charge is -2.34. The van der Waals surface area contributed by atoms with Crippen LogP contribution in [0.4, 0.5) is 42.2 Å². The van der Waals surface area contributed by atoms with E-state index in [1.54, 1.807) is 26.0 Å². The summed E-state index contributed by atoms with van der Waals surface area (Å²) in [6, 6.07) is 7.01. The molecule has 0 spiro atoms. The van der Waals surface area contributed by atoms with Crippen LogP contribution in [0.15, 0.2) is 48.7 Å². The maximum absolute atomic E-state index is 14.1. The molecule has 13 heteroatoms. The van der Waals surface area contributed by atoms with Gasteiger partial charge in [0.05, 0.1) is 28.4 Å². The smallest absolute Gasteiger partial charge is 0.416 e. The monoisotopic (exact) mass is 655 g/mol. The van der Waals surface area contributed by atoms with Crippen LogP contribution in [0.5, 0.6) is 0 Å². The third kappa shape index (κ3) is 7.57. The highest BCUT2D eigenvalue weighted by molar-refractivity contribution is 7.80. The predicted molar refractivity (Wildman–Crippen MR) is 162 cm³/mol. The fourth-order valence-electron chi connectivity index (χ4n) is 5.43. The molecular formula is C32H32F7N3O2S. The van der Waals surface area contributed by atoms with Crippen LogP contribution in [-0.4, -0.2) is 42.2 Å². The number of anilines is 2. The molecule has 3 aromatic rings. The molecule has 4 rings (SSSR count). The predicted octanol–water partition coefficient (Wildman–Crippen LogP) is 8.51. The minimum atomic E-state index is -5.07. The van der Waals surface area contributed by atoms with Gasteiger partial charge in [-0.2, -0.15) is 26.3 Å². The van der Waals surface area contributed by atoms with Crippen LogP contribution in [0, 0.1) is 12.7 Å². The van der Waals surface area contributed by atoms with Gasteiger partial charge in [0.25, 0.3) is 0 Å². The third-order valence-electron chi connectivity index (χ3n) is 7.96. The van der Waals surface area contributed by atoms with Crippen LogP contribution < -0.4 is 9.80 Å². The molecule has 242 valence electrons. The first kappa shape index (κ1) is 34.1. The molecule has 0 saturated carbocycles. The lowest BCUT2D eigenvalue weighted by Crippen LogP contribution is -2.42. The Labute approximate surface area is 262 Å². The molecule has 1 fully saturated rings. The summed E-state index contributed by atoms with van der Waals surface area (Å²) in [5, 5.41) is 0.459. The van der Waals surface area contributed by atoms with Crippen LogP contribution in [0.3, 0.4) is 0 Å². The maximum Gasteiger partial charge on any atom is 0.416 e. The van der Waals surface area contributed by atoms with Gasteiger partial charge in [-0.3, -0.25) is 4.79 Å². The van der Waals surface area contributed by atoms with Crippen molar-refractivity contribution >= 4 is 34.7 Å². The number of hydrogen-bond donors (Lipinski definition) is 0. The molecule has 0 aliphatic carbocycles. The van der Waals surface area contributed by atoms with Gasteiger partial charge in [-0.15, -0.1) is 0 Å². The van der Waals surface area contributed by atoms with Gasteiger partial charge in [0.15, 0.2) is 5.05 Å². The van der Waals surface area contributed by atoms with Crippen molar-refractivity contribution in [2.24, 2.45) is 0 Å². The second kappa shape index (κ2) is 12.6. The lowest BCUT2D eigenvalue weighted by atomic mass is 9.81. The van der Waals surface area contributed by atoms with Crippen LogP contribution >= 0.6 is 12.2 Å². The number of halogens is 7. The Morgan fingerprint density at radius 1 is 0.933 bits per heavy atom. The zero-order valence-corrected chi connectivity index (χ0v) is 26.1. The van der Waals surface area contributed by atoms with E-state index in [2.05, 4.69) is 4.98 Å². The van der Waals surface area contributed by atoms with E-state index < -0.39 is 46.2 Å². The van der Waals surface area contributed by atoms with Crippen LogP contribution in [-0.2, 0) is 27.3 Å². The van der Waals surface area contributed by atoms with E-state index in [1.807, 2.05) is 4.90 Å². The van der Waals surface area contributed by atoms with Gasteiger partial charge in [-0.25, -0.2) is 9.37 Å². The fourth-order valence-corrected chi connectivity index (χ4v) is 5.56. The average molecular weight is 656 g/mol. The van der Waals surface area contributed by atoms with Gasteiger partial charge in [0.1, 0.15) is 17.7 Å². The second-order valence-electron chi connectivity index (χ2n) is 11.6. The van der Waals surface area contributed by atoms with Gasteiger partial charge in [0, 0.05) is 45.5 Å². The molecule has 0 unspecified atom stereocenters. The number of pyridine rings is 1. The minimum absolute atomic E-state index is 0.0250. The number of carbonyl (C=O) groups excluding carboxylic acids is 1. The summed E-state index contributed by atoms with van der Waals surface area (Å²) in [6.45, 7) is 7.12. The van der Waals surface area contributed by atoms with E-state index >= 15 is 0 Å². The van der Waals surface area contributed by atoms with E-state index in [-0.39, 0.29) is 17.9 Å². The summed E-state index contributed by atoms with van der Waals surface area (Å²) in [5.74, 6) is -0.680. The van der Waals surface area contributed by atoms with Gasteiger partial charge >= 0.3 is 12.4 Å². The van der Waals surface area contributed by atoms with Crippen molar-refractivity contribution in [3.63, 3.8) is 0 Å². The number of ether oxygens (including phenoxy) is 1. The molecule has 0 bridgehead atoms. The molecule has 1 aliphatic rings. The van der Waals surface area contributed by atoms with E-state index in [0.717, 1.165) is 4.90 Å². The van der Waals surface area contributed by atoms with Crippen molar-refractivity contribution in [1.29, 1.82) is 0 Å². The summed E-state index contributed by atoms with van der Waals surface area (Å²) < 4.78 is 101. The SMILES string of the molecule is CC(=S)OC1CCN(c2cc(-c3ccc(F)cc3C)c(N(C)C(=O)C(C)(C)c3cc(C(F)(F)F)cc(C(F)(F)F)c3)cn2)CC1. The van der Waals surface area contributed by atoms with Gasteiger partial charge in [-0.1, -0.05) is 6.07 Å². The van der Waals surface area contributed by atoms with E-state index in [1.165, 1.54) is 39.2 Å². The van der Waals surface area contributed by atoms with Gasteiger partial charge < -0.3 is 14.5 Å². The summed E-state index contributed by atoms with van der Waals surface area (Å²) in [6.07, 6.45) is -7.37. The largest absolute Gasteiger partial charge is 0.484 e. The van der Waals surface area contributed by atoms with Crippen LogP contribution in [0.2, 0.25) is 0 Å². The summed E-state index contributed by atoms with van der Waals surface area (Å²) in [7, 11) is 1.37. The maximum atomic E-state index is 14.1. The molecule has 1 amide bonds. The van der Waals surface area contributed by atoms with E-state index in [0.29, 0.717) is 65.6 Å². The standard InChI is InChI=1S/C32H32F7N3O2S/c1-18-12-23(33)6-7-25(18)26-16-28(42-10-8-24(9-11-42)44-19(2)45)40-17-27(26)41(5)29(43)30(3,4)20-13-21(31(34,35)36)15-22(14-20)32(37,38)39/h6-7,12-17,24H,8-11H2,1-5H3. The zero-order valence-electron chi connectivity index (χ0n) is 25.2. The molecule has 1 aromatic heterocycles. The minimum Gasteiger partial charge on any atom is -0.484 e. The van der Waals surface area contributed by atoms with Gasteiger partial charge in [0.2, 0.25) is 5.91 Å². The highest BCUT2D eigenvalue weighted by Crippen LogP contribution is 2.41. The molecule has 45 heavy (non-hydrogen) atoms. The Bertz CT molecular complexity index is 1560. The second-order valence-corrected chi connectivity index (χ2v) is 12.2. The number of aromatic nitrogens is 1. The summed E-state index contributed by atoms with van der Waals surface area (Å²) in [5.41, 5.74) is -3.47.